The molecule has 2 unspecified atom stereocenters. The number of carbonyl (C=O) groups excluding carboxylic acids is 2. The van der Waals surface area contributed by atoms with Crippen LogP contribution < -0.4 is 15.0 Å². The van der Waals surface area contributed by atoms with Crippen LogP contribution in [-0.2, 0) is 27.9 Å². The number of halogens is 1. The predicted molar refractivity (Wildman–Crippen MR) is 169 cm³/mol. The molecule has 244 valence electrons. The van der Waals surface area contributed by atoms with Gasteiger partial charge in [-0.1, -0.05) is 30.3 Å². The first-order valence-corrected chi connectivity index (χ1v) is 17.1. The van der Waals surface area contributed by atoms with Gasteiger partial charge in [-0.15, -0.1) is 11.3 Å². The molecule has 15 heteroatoms. The summed E-state index contributed by atoms with van der Waals surface area (Å²) in [6.45, 7) is 1.14. The highest BCUT2D eigenvalue weighted by Gasteiger charge is 2.47. The molecule has 7 rings (SSSR count). The standard InChI is InChI=1S/C32H29FN3O9PS/c1-3-43-46(40,44-18-27(38)41-2)45-30-25(37)10-12-35-29(30)32(39)34-13-14-42-17-26(34)36(35)28-20-6-4-5-7-22(20)31-23(11-15-47-31)24-16-19(33)8-9-21(24)28/h4-12,15-16,26,28H,3,13-14,17-18H2,1-2H3/t26-,28?,46?/m1/s1. The van der Waals surface area contributed by atoms with E-state index in [1.807, 2.05) is 40.7 Å². The molecule has 2 aromatic carbocycles. The number of morpholine rings is 1. The molecule has 1 amide bonds. The minimum atomic E-state index is -4.62. The van der Waals surface area contributed by atoms with E-state index in [0.717, 1.165) is 34.2 Å². The van der Waals surface area contributed by atoms with E-state index < -0.39 is 55.5 Å². The second kappa shape index (κ2) is 12.4. The minimum Gasteiger partial charge on any atom is -0.467 e. The van der Waals surface area contributed by atoms with Crippen molar-refractivity contribution in [2.75, 3.05) is 45.1 Å². The number of benzene rings is 2. The number of fused-ring (bicyclic) bond motifs is 7. The van der Waals surface area contributed by atoms with Gasteiger partial charge in [0, 0.05) is 29.2 Å². The third-order valence-electron chi connectivity index (χ3n) is 8.24. The third-order valence-corrected chi connectivity index (χ3v) is 10.6. The van der Waals surface area contributed by atoms with Crippen LogP contribution in [0.25, 0.3) is 21.6 Å². The molecule has 3 aliphatic rings. The van der Waals surface area contributed by atoms with Crippen molar-refractivity contribution in [3.8, 4) is 27.3 Å². The molecule has 3 atom stereocenters. The second-order valence-electron chi connectivity index (χ2n) is 10.8. The fourth-order valence-electron chi connectivity index (χ4n) is 6.28. The van der Waals surface area contributed by atoms with E-state index in [4.69, 9.17) is 18.3 Å². The van der Waals surface area contributed by atoms with Gasteiger partial charge in [0.05, 0.1) is 33.0 Å². The van der Waals surface area contributed by atoms with Crippen molar-refractivity contribution in [3.05, 3.63) is 99.0 Å². The van der Waals surface area contributed by atoms with E-state index >= 15 is 0 Å². The summed E-state index contributed by atoms with van der Waals surface area (Å²) in [6, 6.07) is 15.0. The number of aromatic nitrogens is 1. The maximum Gasteiger partial charge on any atom is 0.530 e. The van der Waals surface area contributed by atoms with E-state index in [9.17, 15) is 23.3 Å². The Bertz CT molecular complexity index is 2000. The Hall–Kier alpha value is -4.33. The number of thiophene rings is 1. The van der Waals surface area contributed by atoms with Gasteiger partial charge in [-0.05, 0) is 52.8 Å². The van der Waals surface area contributed by atoms with Crippen molar-refractivity contribution in [1.82, 2.24) is 9.58 Å². The average molecular weight is 682 g/mol. The van der Waals surface area contributed by atoms with Crippen LogP contribution in [0.2, 0.25) is 0 Å². The van der Waals surface area contributed by atoms with Crippen LogP contribution in [0.15, 0.2) is 71.0 Å². The van der Waals surface area contributed by atoms with Crippen LogP contribution in [0.3, 0.4) is 0 Å². The molecule has 1 saturated heterocycles. The van der Waals surface area contributed by atoms with Crippen LogP contribution in [0.4, 0.5) is 4.39 Å². The number of pyridine rings is 1. The maximum atomic E-state index is 14.9. The van der Waals surface area contributed by atoms with Crippen molar-refractivity contribution in [2.24, 2.45) is 0 Å². The number of hydrogen-bond acceptors (Lipinski definition) is 11. The maximum absolute atomic E-state index is 14.9. The number of hydrogen-bond donors (Lipinski definition) is 0. The first-order chi connectivity index (χ1) is 22.7. The zero-order valence-corrected chi connectivity index (χ0v) is 27.0. The Morgan fingerprint density at radius 2 is 1.87 bits per heavy atom. The second-order valence-corrected chi connectivity index (χ2v) is 13.3. The van der Waals surface area contributed by atoms with E-state index in [1.165, 1.54) is 36.0 Å². The largest absolute Gasteiger partial charge is 0.530 e. The van der Waals surface area contributed by atoms with E-state index in [1.54, 1.807) is 22.3 Å². The lowest BCUT2D eigenvalue weighted by Gasteiger charge is -2.51. The number of carbonyl (C=O) groups is 2. The molecule has 0 spiro atoms. The van der Waals surface area contributed by atoms with Crippen molar-refractivity contribution in [1.29, 1.82) is 0 Å². The molecule has 0 bridgehead atoms. The van der Waals surface area contributed by atoms with Crippen molar-refractivity contribution in [3.63, 3.8) is 0 Å². The van der Waals surface area contributed by atoms with Crippen LogP contribution in [0.5, 0.6) is 5.75 Å². The summed E-state index contributed by atoms with van der Waals surface area (Å²) in [4.78, 5) is 42.0. The summed E-state index contributed by atoms with van der Waals surface area (Å²) in [5.41, 5.74) is 3.11. The van der Waals surface area contributed by atoms with Gasteiger partial charge in [0.25, 0.3) is 5.91 Å². The summed E-state index contributed by atoms with van der Waals surface area (Å²) < 4.78 is 56.7. The van der Waals surface area contributed by atoms with Gasteiger partial charge in [-0.25, -0.2) is 13.8 Å². The fraction of sp³-hybridized carbons (Fsp3) is 0.281. The average Bonchev–Trinajstić information content (AvgIpc) is 3.53. The first kappa shape index (κ1) is 31.3. The van der Waals surface area contributed by atoms with Gasteiger partial charge in [0.1, 0.15) is 12.0 Å². The predicted octanol–water partition coefficient (Wildman–Crippen LogP) is 4.95. The summed E-state index contributed by atoms with van der Waals surface area (Å²) >= 11 is 1.54. The molecule has 1 fully saturated rings. The van der Waals surface area contributed by atoms with Crippen molar-refractivity contribution < 1.29 is 41.6 Å². The van der Waals surface area contributed by atoms with Crippen molar-refractivity contribution >= 4 is 31.0 Å². The van der Waals surface area contributed by atoms with Gasteiger partial charge in [-0.3, -0.25) is 28.3 Å². The summed E-state index contributed by atoms with van der Waals surface area (Å²) in [5, 5.41) is 3.87. The molecule has 4 heterocycles. The van der Waals surface area contributed by atoms with Crippen LogP contribution in [0.1, 0.15) is 34.6 Å². The molecule has 2 aromatic heterocycles. The molecule has 4 aromatic rings. The van der Waals surface area contributed by atoms with Crippen LogP contribution in [0, 0.1) is 5.82 Å². The van der Waals surface area contributed by atoms with Gasteiger partial charge in [-0.2, -0.15) is 0 Å². The number of methoxy groups -OCH3 is 1. The number of rotatable bonds is 8. The fourth-order valence-corrected chi connectivity index (χ4v) is 8.40. The Morgan fingerprint density at radius 3 is 2.68 bits per heavy atom. The Balaban J connectivity index is 1.46. The molecule has 1 aliphatic carbocycles. The summed E-state index contributed by atoms with van der Waals surface area (Å²) in [7, 11) is -3.49. The lowest BCUT2D eigenvalue weighted by atomic mass is 9.92. The molecule has 12 nitrogen and oxygen atoms in total. The molecule has 2 aliphatic heterocycles. The zero-order valence-electron chi connectivity index (χ0n) is 25.3. The Labute approximate surface area is 272 Å². The number of ether oxygens (including phenoxy) is 2. The number of esters is 1. The van der Waals surface area contributed by atoms with Crippen LogP contribution >= 0.6 is 19.2 Å². The Morgan fingerprint density at radius 1 is 1.06 bits per heavy atom. The van der Waals surface area contributed by atoms with Gasteiger partial charge >= 0.3 is 13.8 Å². The molecule has 0 N–H and O–H groups in total. The lowest BCUT2D eigenvalue weighted by molar-refractivity contribution is -0.143. The van der Waals surface area contributed by atoms with Crippen molar-refractivity contribution in [2.45, 2.75) is 19.1 Å². The van der Waals surface area contributed by atoms with E-state index in [-0.39, 0.29) is 32.1 Å². The highest BCUT2D eigenvalue weighted by molar-refractivity contribution is 7.49. The first-order valence-electron chi connectivity index (χ1n) is 14.8. The monoisotopic (exact) mass is 681 g/mol. The number of nitrogens with zero attached hydrogens (tertiary/aromatic N) is 3. The topological polar surface area (TPSA) is 126 Å². The summed E-state index contributed by atoms with van der Waals surface area (Å²) in [6.07, 6.45) is 0.780. The SMILES string of the molecule is CCOP(=O)(OCC(=O)OC)Oc1c2n(ccc1=O)N(C1c3ccc(F)cc3-c3ccsc3-c3ccccc31)[C@@H]1COCCN1C2=O. The quantitative estimate of drug-likeness (QED) is 0.186. The molecular formula is C32H29FN3O9PS. The minimum absolute atomic E-state index is 0.129. The molecule has 0 radical (unpaired) electrons. The van der Waals surface area contributed by atoms with Crippen LogP contribution in [-0.4, -0.2) is 67.7 Å². The highest BCUT2D eigenvalue weighted by atomic mass is 32.1. The highest BCUT2D eigenvalue weighted by Crippen LogP contribution is 2.52. The summed E-state index contributed by atoms with van der Waals surface area (Å²) in [5.74, 6) is -2.40. The molecule has 0 saturated carbocycles. The van der Waals surface area contributed by atoms with Gasteiger partial charge in [0.15, 0.2) is 12.3 Å². The smallest absolute Gasteiger partial charge is 0.467 e. The zero-order chi connectivity index (χ0) is 32.9. The number of phosphoric acid groups is 1. The molecular weight excluding hydrogens is 652 g/mol. The number of amides is 1. The van der Waals surface area contributed by atoms with E-state index in [2.05, 4.69) is 4.74 Å². The lowest BCUT2D eigenvalue weighted by Crippen LogP contribution is -2.66. The van der Waals surface area contributed by atoms with E-state index in [0.29, 0.717) is 5.56 Å². The normalized spacial score (nSPS) is 19.3. The number of phosphoric ester groups is 1. The Kier molecular flexibility index (Phi) is 8.23. The van der Waals surface area contributed by atoms with Gasteiger partial charge in [0.2, 0.25) is 11.2 Å². The van der Waals surface area contributed by atoms with Gasteiger partial charge < -0.3 is 18.9 Å². The third kappa shape index (κ3) is 5.35. The molecule has 47 heavy (non-hydrogen) atoms.